The van der Waals surface area contributed by atoms with Crippen LogP contribution >= 0.6 is 0 Å². The van der Waals surface area contributed by atoms with E-state index < -0.39 is 11.7 Å². The van der Waals surface area contributed by atoms with E-state index in [0.29, 0.717) is 23.2 Å². The molecule has 3 rings (SSSR count). The van der Waals surface area contributed by atoms with E-state index in [-0.39, 0.29) is 6.03 Å². The number of benzene rings is 1. The van der Waals surface area contributed by atoms with Gasteiger partial charge in [0.1, 0.15) is 11.4 Å². The average Bonchev–Trinajstić information content (AvgIpc) is 3.22. The molecule has 0 bridgehead atoms. The zero-order valence-electron chi connectivity index (χ0n) is 18.5. The number of hydrogen-bond donors (Lipinski definition) is 2. The molecule has 0 unspecified atom stereocenters. The molecule has 166 valence electrons. The minimum absolute atomic E-state index is 0.118. The number of amides is 3. The first kappa shape index (κ1) is 22.2. The summed E-state index contributed by atoms with van der Waals surface area (Å²) in [5.74, 6) is 0.492. The Hall–Kier alpha value is -2.48. The van der Waals surface area contributed by atoms with E-state index in [4.69, 9.17) is 9.47 Å². The Morgan fingerprint density at radius 2 is 1.80 bits per heavy atom. The lowest BCUT2D eigenvalue weighted by Gasteiger charge is -2.37. The molecule has 30 heavy (non-hydrogen) atoms. The number of ether oxygens (including phenoxy) is 2. The Bertz CT molecular complexity index is 756. The van der Waals surface area contributed by atoms with Crippen LogP contribution in [0.25, 0.3) is 0 Å². The topological polar surface area (TPSA) is 83.1 Å². The van der Waals surface area contributed by atoms with Gasteiger partial charge in [-0.3, -0.25) is 10.2 Å². The first-order valence-corrected chi connectivity index (χ1v) is 10.7. The van der Waals surface area contributed by atoms with Crippen molar-refractivity contribution in [1.82, 2.24) is 9.80 Å². The molecule has 2 N–H and O–H groups in total. The van der Waals surface area contributed by atoms with E-state index in [2.05, 4.69) is 15.5 Å². The van der Waals surface area contributed by atoms with Gasteiger partial charge in [0.05, 0.1) is 12.8 Å². The van der Waals surface area contributed by atoms with Crippen LogP contribution in [-0.4, -0.2) is 66.9 Å². The van der Waals surface area contributed by atoms with Gasteiger partial charge in [-0.1, -0.05) is 0 Å². The van der Waals surface area contributed by atoms with E-state index in [1.54, 1.807) is 39.0 Å². The monoisotopic (exact) mass is 418 g/mol. The number of urea groups is 1. The third-order valence-electron chi connectivity index (χ3n) is 5.43. The number of carbonyl (C=O) groups is 2. The quantitative estimate of drug-likeness (QED) is 0.768. The molecule has 0 spiro atoms. The molecule has 0 saturated carbocycles. The van der Waals surface area contributed by atoms with Gasteiger partial charge in [0.25, 0.3) is 0 Å². The predicted molar refractivity (Wildman–Crippen MR) is 117 cm³/mol. The summed E-state index contributed by atoms with van der Waals surface area (Å²) in [5, 5.41) is 5.65. The van der Waals surface area contributed by atoms with Gasteiger partial charge >= 0.3 is 12.1 Å². The maximum Gasteiger partial charge on any atom is 0.412 e. The van der Waals surface area contributed by atoms with Gasteiger partial charge in [0.2, 0.25) is 0 Å². The highest BCUT2D eigenvalue weighted by Crippen LogP contribution is 2.29. The summed E-state index contributed by atoms with van der Waals surface area (Å²) in [6.45, 7) is 9.19. The molecule has 2 heterocycles. The van der Waals surface area contributed by atoms with Crippen LogP contribution in [0.15, 0.2) is 18.2 Å². The molecule has 2 saturated heterocycles. The van der Waals surface area contributed by atoms with Crippen LogP contribution in [0.3, 0.4) is 0 Å². The standard InChI is InChI=1S/C22H34N4O4/c1-22(2,3)30-21(28)24-18-14-16(9-10-19(18)29-4)23-20(27)26-13-7-8-17(15-26)25-11-5-6-12-25/h9-10,14,17H,5-8,11-13,15H2,1-4H3,(H,23,27)(H,24,28)/t17-/m1/s1. The molecule has 8 nitrogen and oxygen atoms in total. The summed E-state index contributed by atoms with van der Waals surface area (Å²) in [6, 6.07) is 5.49. The highest BCUT2D eigenvalue weighted by molar-refractivity contribution is 5.92. The van der Waals surface area contributed by atoms with Crippen LogP contribution in [0.2, 0.25) is 0 Å². The fourth-order valence-electron chi connectivity index (χ4n) is 4.04. The molecule has 3 amide bonds. The summed E-state index contributed by atoms with van der Waals surface area (Å²) in [6.07, 6.45) is 4.09. The summed E-state index contributed by atoms with van der Waals surface area (Å²) >= 11 is 0. The number of rotatable bonds is 4. The highest BCUT2D eigenvalue weighted by Gasteiger charge is 2.29. The number of piperidine rings is 1. The molecule has 8 heteroatoms. The second-order valence-corrected chi connectivity index (χ2v) is 8.96. The lowest BCUT2D eigenvalue weighted by atomic mass is 10.0. The molecule has 2 aliphatic heterocycles. The molecular formula is C22H34N4O4. The summed E-state index contributed by atoms with van der Waals surface area (Å²) in [4.78, 5) is 29.4. The number of likely N-dealkylation sites (tertiary alicyclic amines) is 2. The van der Waals surface area contributed by atoms with Crippen LogP contribution in [0.4, 0.5) is 21.0 Å². The fourth-order valence-corrected chi connectivity index (χ4v) is 4.04. The summed E-state index contributed by atoms with van der Waals surface area (Å²) < 4.78 is 10.6. The largest absolute Gasteiger partial charge is 0.495 e. The Balaban J connectivity index is 1.63. The number of carbonyl (C=O) groups excluding carboxylic acids is 2. The van der Waals surface area contributed by atoms with Crippen molar-refractivity contribution < 1.29 is 19.1 Å². The molecule has 2 fully saturated rings. The van der Waals surface area contributed by atoms with Crippen LogP contribution in [0.1, 0.15) is 46.5 Å². The highest BCUT2D eigenvalue weighted by atomic mass is 16.6. The average molecular weight is 419 g/mol. The smallest absolute Gasteiger partial charge is 0.412 e. The molecule has 1 aromatic carbocycles. The lowest BCUT2D eigenvalue weighted by Crippen LogP contribution is -2.50. The minimum Gasteiger partial charge on any atom is -0.495 e. The van der Waals surface area contributed by atoms with Gasteiger partial charge in [-0.25, -0.2) is 9.59 Å². The zero-order valence-corrected chi connectivity index (χ0v) is 18.5. The first-order valence-electron chi connectivity index (χ1n) is 10.7. The second-order valence-electron chi connectivity index (χ2n) is 8.96. The first-order chi connectivity index (χ1) is 14.2. The van der Waals surface area contributed by atoms with Crippen molar-refractivity contribution in [2.45, 2.75) is 58.1 Å². The molecule has 1 atom stereocenters. The predicted octanol–water partition coefficient (Wildman–Crippen LogP) is 4.13. The van der Waals surface area contributed by atoms with Crippen molar-refractivity contribution >= 4 is 23.5 Å². The maximum absolute atomic E-state index is 12.9. The Labute approximate surface area is 178 Å². The van der Waals surface area contributed by atoms with Crippen LogP contribution in [0.5, 0.6) is 5.75 Å². The molecule has 2 aliphatic rings. The third-order valence-corrected chi connectivity index (χ3v) is 5.43. The summed E-state index contributed by atoms with van der Waals surface area (Å²) in [5.41, 5.74) is 0.428. The van der Waals surface area contributed by atoms with E-state index in [1.807, 2.05) is 4.90 Å². The molecule has 0 aromatic heterocycles. The van der Waals surface area contributed by atoms with Crippen LogP contribution < -0.4 is 15.4 Å². The normalized spacial score (nSPS) is 20.0. The Morgan fingerprint density at radius 3 is 2.47 bits per heavy atom. The fraction of sp³-hybridized carbons (Fsp3) is 0.636. The van der Waals surface area contributed by atoms with Crippen molar-refractivity contribution in [3.8, 4) is 5.75 Å². The van der Waals surface area contributed by atoms with E-state index in [1.165, 1.54) is 20.0 Å². The molecule has 0 radical (unpaired) electrons. The number of anilines is 2. The number of nitrogens with one attached hydrogen (secondary N) is 2. The number of hydrogen-bond acceptors (Lipinski definition) is 5. The Kier molecular flexibility index (Phi) is 7.07. The van der Waals surface area contributed by atoms with Crippen LogP contribution in [-0.2, 0) is 4.74 Å². The summed E-state index contributed by atoms with van der Waals surface area (Å²) in [7, 11) is 1.53. The van der Waals surface area contributed by atoms with Crippen molar-refractivity contribution in [2.24, 2.45) is 0 Å². The van der Waals surface area contributed by atoms with E-state index in [0.717, 1.165) is 39.0 Å². The second kappa shape index (κ2) is 9.55. The molecule has 1 aromatic rings. The molecule has 0 aliphatic carbocycles. The van der Waals surface area contributed by atoms with E-state index >= 15 is 0 Å². The third kappa shape index (κ3) is 6.01. The zero-order chi connectivity index (χ0) is 21.7. The van der Waals surface area contributed by atoms with Crippen molar-refractivity contribution in [3.63, 3.8) is 0 Å². The van der Waals surface area contributed by atoms with Crippen molar-refractivity contribution in [1.29, 1.82) is 0 Å². The van der Waals surface area contributed by atoms with Gasteiger partial charge in [-0.05, 0) is 77.7 Å². The van der Waals surface area contributed by atoms with Crippen molar-refractivity contribution in [3.05, 3.63) is 18.2 Å². The Morgan fingerprint density at radius 1 is 1.07 bits per heavy atom. The molecular weight excluding hydrogens is 384 g/mol. The maximum atomic E-state index is 12.9. The van der Waals surface area contributed by atoms with E-state index in [9.17, 15) is 9.59 Å². The van der Waals surface area contributed by atoms with Gasteiger partial charge in [0.15, 0.2) is 0 Å². The number of nitrogens with zero attached hydrogens (tertiary/aromatic N) is 2. The van der Waals surface area contributed by atoms with Gasteiger partial charge < -0.3 is 19.7 Å². The van der Waals surface area contributed by atoms with Crippen molar-refractivity contribution in [2.75, 3.05) is 43.9 Å². The minimum atomic E-state index is -0.608. The number of methoxy groups -OCH3 is 1. The van der Waals surface area contributed by atoms with Gasteiger partial charge in [0, 0.05) is 24.8 Å². The van der Waals surface area contributed by atoms with Crippen LogP contribution in [0, 0.1) is 0 Å². The van der Waals surface area contributed by atoms with Gasteiger partial charge in [-0.15, -0.1) is 0 Å². The lowest BCUT2D eigenvalue weighted by molar-refractivity contribution is 0.0635. The SMILES string of the molecule is COc1ccc(NC(=O)N2CCC[C@@H](N3CCCC3)C2)cc1NC(=O)OC(C)(C)C. The van der Waals surface area contributed by atoms with Gasteiger partial charge in [-0.2, -0.15) is 0 Å².